The van der Waals surface area contributed by atoms with E-state index in [4.69, 9.17) is 0 Å². The molecule has 0 aliphatic carbocycles. The molecule has 0 spiro atoms. The van der Waals surface area contributed by atoms with Gasteiger partial charge in [0, 0.05) is 25.0 Å². The van der Waals surface area contributed by atoms with E-state index in [1.807, 2.05) is 6.20 Å². The zero-order chi connectivity index (χ0) is 14.1. The SMILES string of the molecule is c1ccc(CN2CCC(n3ncc4ccccc43)C2)cc1. The van der Waals surface area contributed by atoms with Crippen molar-refractivity contribution in [3.8, 4) is 0 Å². The first-order chi connectivity index (χ1) is 10.4. The molecule has 1 aromatic heterocycles. The predicted octanol–water partition coefficient (Wildman–Crippen LogP) is 3.48. The van der Waals surface area contributed by atoms with Crippen molar-refractivity contribution in [2.45, 2.75) is 19.0 Å². The van der Waals surface area contributed by atoms with Crippen molar-refractivity contribution < 1.29 is 0 Å². The molecular weight excluding hydrogens is 258 g/mol. The number of likely N-dealkylation sites (tertiary alicyclic amines) is 1. The van der Waals surface area contributed by atoms with Gasteiger partial charge < -0.3 is 0 Å². The first-order valence-corrected chi connectivity index (χ1v) is 7.59. The number of hydrogen-bond donors (Lipinski definition) is 0. The fraction of sp³-hybridized carbons (Fsp3) is 0.278. The first-order valence-electron chi connectivity index (χ1n) is 7.59. The summed E-state index contributed by atoms with van der Waals surface area (Å²) in [7, 11) is 0. The average molecular weight is 277 g/mol. The van der Waals surface area contributed by atoms with E-state index in [1.54, 1.807) is 0 Å². The fourth-order valence-corrected chi connectivity index (χ4v) is 3.28. The van der Waals surface area contributed by atoms with E-state index < -0.39 is 0 Å². The Labute approximate surface area is 124 Å². The molecule has 3 heteroatoms. The van der Waals surface area contributed by atoms with Crippen molar-refractivity contribution in [2.24, 2.45) is 0 Å². The maximum absolute atomic E-state index is 4.61. The summed E-state index contributed by atoms with van der Waals surface area (Å²) in [4.78, 5) is 2.52. The van der Waals surface area contributed by atoms with Crippen LogP contribution in [0.1, 0.15) is 18.0 Å². The van der Waals surface area contributed by atoms with Gasteiger partial charge in [-0.15, -0.1) is 0 Å². The third-order valence-corrected chi connectivity index (χ3v) is 4.35. The van der Waals surface area contributed by atoms with Crippen molar-refractivity contribution in [1.82, 2.24) is 14.7 Å². The second-order valence-corrected chi connectivity index (χ2v) is 5.81. The number of para-hydroxylation sites is 1. The van der Waals surface area contributed by atoms with Gasteiger partial charge in [0.1, 0.15) is 0 Å². The molecule has 1 fully saturated rings. The lowest BCUT2D eigenvalue weighted by molar-refractivity contribution is 0.313. The van der Waals surface area contributed by atoms with Gasteiger partial charge in [0.15, 0.2) is 0 Å². The van der Waals surface area contributed by atoms with E-state index in [0.29, 0.717) is 6.04 Å². The van der Waals surface area contributed by atoms with Crippen LogP contribution < -0.4 is 0 Å². The van der Waals surface area contributed by atoms with Crippen LogP contribution in [0.5, 0.6) is 0 Å². The van der Waals surface area contributed by atoms with Crippen LogP contribution in [0.15, 0.2) is 60.8 Å². The lowest BCUT2D eigenvalue weighted by Gasteiger charge is -2.16. The van der Waals surface area contributed by atoms with Crippen molar-refractivity contribution in [3.05, 3.63) is 66.4 Å². The molecule has 21 heavy (non-hydrogen) atoms. The highest BCUT2D eigenvalue weighted by atomic mass is 15.3. The Kier molecular flexibility index (Phi) is 3.20. The number of rotatable bonds is 3. The summed E-state index contributed by atoms with van der Waals surface area (Å²) in [5.41, 5.74) is 2.65. The van der Waals surface area contributed by atoms with Gasteiger partial charge in [0.2, 0.25) is 0 Å². The van der Waals surface area contributed by atoms with Crippen LogP contribution >= 0.6 is 0 Å². The summed E-state index contributed by atoms with van der Waals surface area (Å²) in [6.07, 6.45) is 3.16. The van der Waals surface area contributed by atoms with Gasteiger partial charge in [-0.2, -0.15) is 5.10 Å². The number of aromatic nitrogens is 2. The van der Waals surface area contributed by atoms with Crippen LogP contribution in [0.4, 0.5) is 0 Å². The molecule has 3 aromatic rings. The Bertz CT molecular complexity index is 732. The number of benzene rings is 2. The molecule has 2 aromatic carbocycles. The molecule has 4 rings (SSSR count). The molecular formula is C18H19N3. The van der Waals surface area contributed by atoms with Gasteiger partial charge in [-0.1, -0.05) is 48.5 Å². The fourth-order valence-electron chi connectivity index (χ4n) is 3.28. The molecule has 0 radical (unpaired) electrons. The van der Waals surface area contributed by atoms with Gasteiger partial charge in [-0.05, 0) is 18.1 Å². The van der Waals surface area contributed by atoms with Crippen molar-refractivity contribution in [1.29, 1.82) is 0 Å². The summed E-state index contributed by atoms with van der Waals surface area (Å²) in [6, 6.07) is 19.7. The van der Waals surface area contributed by atoms with Gasteiger partial charge in [0.25, 0.3) is 0 Å². The van der Waals surface area contributed by atoms with Crippen LogP contribution in [0.2, 0.25) is 0 Å². The Morgan fingerprint density at radius 2 is 1.81 bits per heavy atom. The Morgan fingerprint density at radius 1 is 1.00 bits per heavy atom. The number of fused-ring (bicyclic) bond motifs is 1. The highest BCUT2D eigenvalue weighted by molar-refractivity contribution is 5.78. The molecule has 0 N–H and O–H groups in total. The van der Waals surface area contributed by atoms with Crippen LogP contribution in [0.25, 0.3) is 10.9 Å². The normalized spacial score (nSPS) is 19.3. The molecule has 1 saturated heterocycles. The molecule has 2 heterocycles. The van der Waals surface area contributed by atoms with E-state index in [-0.39, 0.29) is 0 Å². The molecule has 1 unspecified atom stereocenters. The Morgan fingerprint density at radius 3 is 2.71 bits per heavy atom. The molecule has 3 nitrogen and oxygen atoms in total. The van der Waals surface area contributed by atoms with E-state index in [9.17, 15) is 0 Å². The van der Waals surface area contributed by atoms with E-state index >= 15 is 0 Å². The highest BCUT2D eigenvalue weighted by Crippen LogP contribution is 2.26. The van der Waals surface area contributed by atoms with E-state index in [0.717, 1.165) is 19.6 Å². The lowest BCUT2D eigenvalue weighted by atomic mass is 10.2. The van der Waals surface area contributed by atoms with Gasteiger partial charge in [-0.25, -0.2) is 0 Å². The van der Waals surface area contributed by atoms with Crippen molar-refractivity contribution in [3.63, 3.8) is 0 Å². The van der Waals surface area contributed by atoms with Crippen LogP contribution in [0, 0.1) is 0 Å². The molecule has 1 aliphatic rings. The third-order valence-electron chi connectivity index (χ3n) is 4.35. The minimum absolute atomic E-state index is 0.494. The molecule has 0 saturated carbocycles. The zero-order valence-corrected chi connectivity index (χ0v) is 12.0. The number of hydrogen-bond acceptors (Lipinski definition) is 2. The van der Waals surface area contributed by atoms with Crippen LogP contribution in [-0.2, 0) is 6.54 Å². The molecule has 0 bridgehead atoms. The number of nitrogens with zero attached hydrogens (tertiary/aromatic N) is 3. The molecule has 0 amide bonds. The van der Waals surface area contributed by atoms with Crippen molar-refractivity contribution >= 4 is 10.9 Å². The van der Waals surface area contributed by atoms with Gasteiger partial charge in [-0.3, -0.25) is 9.58 Å². The molecule has 106 valence electrons. The lowest BCUT2D eigenvalue weighted by Crippen LogP contribution is -2.21. The maximum atomic E-state index is 4.61. The summed E-state index contributed by atoms with van der Waals surface area (Å²) >= 11 is 0. The zero-order valence-electron chi connectivity index (χ0n) is 12.0. The van der Waals surface area contributed by atoms with Crippen LogP contribution in [0.3, 0.4) is 0 Å². The third kappa shape index (κ3) is 2.45. The minimum atomic E-state index is 0.494. The Balaban J connectivity index is 1.51. The monoisotopic (exact) mass is 277 g/mol. The van der Waals surface area contributed by atoms with Crippen LogP contribution in [-0.4, -0.2) is 27.8 Å². The van der Waals surface area contributed by atoms with Crippen molar-refractivity contribution in [2.75, 3.05) is 13.1 Å². The average Bonchev–Trinajstić information content (AvgIpc) is 3.14. The van der Waals surface area contributed by atoms with Gasteiger partial charge in [0.05, 0.1) is 17.8 Å². The predicted molar refractivity (Wildman–Crippen MR) is 85.1 cm³/mol. The smallest absolute Gasteiger partial charge is 0.0686 e. The topological polar surface area (TPSA) is 21.1 Å². The molecule has 1 aliphatic heterocycles. The minimum Gasteiger partial charge on any atom is -0.297 e. The van der Waals surface area contributed by atoms with E-state index in [1.165, 1.54) is 22.9 Å². The summed E-state index contributed by atoms with van der Waals surface area (Å²) in [5.74, 6) is 0. The quantitative estimate of drug-likeness (QED) is 0.731. The summed E-state index contributed by atoms with van der Waals surface area (Å²) < 4.78 is 2.21. The first kappa shape index (κ1) is 12.6. The largest absolute Gasteiger partial charge is 0.297 e. The molecule has 1 atom stereocenters. The summed E-state index contributed by atoms with van der Waals surface area (Å²) in [5, 5.41) is 5.84. The van der Waals surface area contributed by atoms with Gasteiger partial charge >= 0.3 is 0 Å². The van der Waals surface area contributed by atoms with E-state index in [2.05, 4.69) is 69.3 Å². The highest BCUT2D eigenvalue weighted by Gasteiger charge is 2.25. The second-order valence-electron chi connectivity index (χ2n) is 5.81. The summed E-state index contributed by atoms with van der Waals surface area (Å²) in [6.45, 7) is 3.27. The second kappa shape index (κ2) is 5.34. The Hall–Kier alpha value is -2.13. The standard InChI is InChI=1S/C18H19N3/c1-2-6-15(7-3-1)13-20-11-10-17(14-20)21-18-9-5-4-8-16(18)12-19-21/h1-9,12,17H,10-11,13-14H2. The maximum Gasteiger partial charge on any atom is 0.0686 e.